The van der Waals surface area contributed by atoms with E-state index in [9.17, 15) is 14.7 Å². The maximum atomic E-state index is 12.2. The number of urea groups is 1. The molecule has 1 rings (SSSR count). The van der Waals surface area contributed by atoms with Crippen molar-refractivity contribution in [2.75, 3.05) is 11.9 Å². The van der Waals surface area contributed by atoms with Gasteiger partial charge in [0.05, 0.1) is 23.7 Å². The van der Waals surface area contributed by atoms with E-state index in [-0.39, 0.29) is 36.0 Å². The molecule has 0 aromatic heterocycles. The highest BCUT2D eigenvalue weighted by atomic mass is 16.4. The van der Waals surface area contributed by atoms with Crippen molar-refractivity contribution in [2.45, 2.75) is 26.3 Å². The van der Waals surface area contributed by atoms with Gasteiger partial charge in [-0.25, -0.2) is 9.59 Å². The first-order valence-corrected chi connectivity index (χ1v) is 6.37. The minimum atomic E-state index is -1.26. The lowest BCUT2D eigenvalue weighted by atomic mass is 10.1. The zero-order valence-electron chi connectivity index (χ0n) is 11.8. The van der Waals surface area contributed by atoms with Gasteiger partial charge in [0.2, 0.25) is 0 Å². The molecule has 112 valence electrons. The number of nitriles is 1. The zero-order chi connectivity index (χ0) is 16.0. The van der Waals surface area contributed by atoms with Gasteiger partial charge < -0.3 is 20.4 Å². The number of phenolic OH excluding ortho intramolecular Hbond substituents is 1. The second-order valence-electron chi connectivity index (χ2n) is 4.66. The summed E-state index contributed by atoms with van der Waals surface area (Å²) in [5.41, 5.74) is -0.111. The lowest BCUT2D eigenvalue weighted by Crippen LogP contribution is -2.40. The fourth-order valence-electron chi connectivity index (χ4n) is 1.77. The number of hydrogen-bond acceptors (Lipinski definition) is 4. The Balaban J connectivity index is 2.96. The van der Waals surface area contributed by atoms with Gasteiger partial charge in [-0.15, -0.1) is 0 Å². The van der Waals surface area contributed by atoms with Crippen LogP contribution in [-0.2, 0) is 0 Å². The third kappa shape index (κ3) is 4.38. The van der Waals surface area contributed by atoms with Crippen LogP contribution in [0.4, 0.5) is 10.5 Å². The molecule has 3 N–H and O–H groups in total. The van der Waals surface area contributed by atoms with E-state index in [1.54, 1.807) is 13.8 Å². The highest BCUT2D eigenvalue weighted by Crippen LogP contribution is 2.22. The summed E-state index contributed by atoms with van der Waals surface area (Å²) in [7, 11) is 0. The normalized spacial score (nSPS) is 10.0. The molecule has 0 heterocycles. The molecule has 0 saturated carbocycles. The summed E-state index contributed by atoms with van der Waals surface area (Å²) in [5.74, 6) is -1.45. The fourth-order valence-corrected chi connectivity index (χ4v) is 1.77. The van der Waals surface area contributed by atoms with E-state index in [4.69, 9.17) is 10.4 Å². The topological polar surface area (TPSA) is 114 Å². The van der Waals surface area contributed by atoms with Crippen molar-refractivity contribution >= 4 is 17.7 Å². The number of hydrogen-bond donors (Lipinski definition) is 3. The maximum absolute atomic E-state index is 12.2. The second kappa shape index (κ2) is 7.14. The molecule has 0 radical (unpaired) electrons. The predicted octanol–water partition coefficient (Wildman–Crippen LogP) is 2.25. The Hall–Kier alpha value is -2.75. The number of carboxylic acid groups (broad SMARTS) is 1. The van der Waals surface area contributed by atoms with Gasteiger partial charge in [0, 0.05) is 12.6 Å². The lowest BCUT2D eigenvalue weighted by molar-refractivity contribution is 0.0697. The summed E-state index contributed by atoms with van der Waals surface area (Å²) < 4.78 is 0. The summed E-state index contributed by atoms with van der Waals surface area (Å²) in [6.45, 7) is 3.85. The summed E-state index contributed by atoms with van der Waals surface area (Å²) >= 11 is 0. The fraction of sp³-hybridized carbons (Fsp3) is 0.357. The van der Waals surface area contributed by atoms with E-state index < -0.39 is 12.0 Å². The van der Waals surface area contributed by atoms with Gasteiger partial charge in [0.1, 0.15) is 5.75 Å². The summed E-state index contributed by atoms with van der Waals surface area (Å²) in [4.78, 5) is 24.7. The van der Waals surface area contributed by atoms with E-state index in [2.05, 4.69) is 5.32 Å². The molecular weight excluding hydrogens is 274 g/mol. The van der Waals surface area contributed by atoms with Gasteiger partial charge in [0.15, 0.2) is 0 Å². The predicted molar refractivity (Wildman–Crippen MR) is 76.2 cm³/mol. The minimum absolute atomic E-state index is 0.0907. The Kier molecular flexibility index (Phi) is 5.55. The SMILES string of the molecule is CC(C)N(CCC#N)C(=O)Nc1ccc(O)cc1C(=O)O. The van der Waals surface area contributed by atoms with Crippen LogP contribution in [0.1, 0.15) is 30.6 Å². The second-order valence-corrected chi connectivity index (χ2v) is 4.66. The van der Waals surface area contributed by atoms with Crippen molar-refractivity contribution in [2.24, 2.45) is 0 Å². The molecule has 7 heteroatoms. The van der Waals surface area contributed by atoms with Crippen molar-refractivity contribution in [3.05, 3.63) is 23.8 Å². The molecule has 0 fully saturated rings. The van der Waals surface area contributed by atoms with E-state index in [0.29, 0.717) is 0 Å². The number of nitrogens with one attached hydrogen (secondary N) is 1. The van der Waals surface area contributed by atoms with Crippen molar-refractivity contribution in [1.29, 1.82) is 5.26 Å². The van der Waals surface area contributed by atoms with Crippen molar-refractivity contribution in [3.8, 4) is 11.8 Å². The van der Waals surface area contributed by atoms with Crippen LogP contribution in [-0.4, -0.2) is 39.7 Å². The average Bonchev–Trinajstić information content (AvgIpc) is 2.40. The minimum Gasteiger partial charge on any atom is -0.508 e. The van der Waals surface area contributed by atoms with Crippen molar-refractivity contribution in [3.63, 3.8) is 0 Å². The molecule has 0 aliphatic heterocycles. The van der Waals surface area contributed by atoms with Gasteiger partial charge in [-0.05, 0) is 32.0 Å². The summed E-state index contributed by atoms with van der Waals surface area (Å²) in [6, 6.07) is 5.00. The molecule has 1 aromatic carbocycles. The summed E-state index contributed by atoms with van der Waals surface area (Å²) in [5, 5.41) is 29.5. The molecule has 0 bridgehead atoms. The number of carbonyl (C=O) groups is 2. The molecule has 0 saturated heterocycles. The van der Waals surface area contributed by atoms with Gasteiger partial charge in [0.25, 0.3) is 0 Å². The molecule has 0 aliphatic rings. The molecule has 0 unspecified atom stereocenters. The van der Waals surface area contributed by atoms with E-state index in [1.807, 2.05) is 6.07 Å². The number of aromatic carboxylic acids is 1. The van der Waals surface area contributed by atoms with Crippen LogP contribution < -0.4 is 5.32 Å². The van der Waals surface area contributed by atoms with Crippen LogP contribution in [0, 0.1) is 11.3 Å². The van der Waals surface area contributed by atoms with Crippen molar-refractivity contribution < 1.29 is 19.8 Å². The number of carboxylic acids is 1. The third-order valence-electron chi connectivity index (χ3n) is 2.82. The maximum Gasteiger partial charge on any atom is 0.337 e. The monoisotopic (exact) mass is 291 g/mol. The molecule has 0 aliphatic carbocycles. The quantitative estimate of drug-likeness (QED) is 0.720. The first kappa shape index (κ1) is 16.3. The van der Waals surface area contributed by atoms with Crippen LogP contribution in [0.5, 0.6) is 5.75 Å². The molecule has 1 aromatic rings. The Morgan fingerprint density at radius 3 is 2.62 bits per heavy atom. The van der Waals surface area contributed by atoms with Crippen LogP contribution in [0.25, 0.3) is 0 Å². The van der Waals surface area contributed by atoms with Crippen LogP contribution in [0.15, 0.2) is 18.2 Å². The van der Waals surface area contributed by atoms with Crippen LogP contribution >= 0.6 is 0 Å². The van der Waals surface area contributed by atoms with Crippen LogP contribution in [0.3, 0.4) is 0 Å². The number of phenols is 1. The molecule has 21 heavy (non-hydrogen) atoms. The number of anilines is 1. The van der Waals surface area contributed by atoms with E-state index in [0.717, 1.165) is 6.07 Å². The highest BCUT2D eigenvalue weighted by Gasteiger charge is 2.19. The average molecular weight is 291 g/mol. The smallest absolute Gasteiger partial charge is 0.337 e. The third-order valence-corrected chi connectivity index (χ3v) is 2.82. The molecule has 0 spiro atoms. The first-order valence-electron chi connectivity index (χ1n) is 6.37. The number of nitrogens with zero attached hydrogens (tertiary/aromatic N) is 2. The van der Waals surface area contributed by atoms with E-state index >= 15 is 0 Å². The van der Waals surface area contributed by atoms with Gasteiger partial charge in [-0.2, -0.15) is 5.26 Å². The first-order chi connectivity index (χ1) is 9.86. The molecule has 2 amide bonds. The number of benzene rings is 1. The van der Waals surface area contributed by atoms with Crippen molar-refractivity contribution in [1.82, 2.24) is 4.90 Å². The van der Waals surface area contributed by atoms with E-state index in [1.165, 1.54) is 17.0 Å². The zero-order valence-corrected chi connectivity index (χ0v) is 11.8. The molecule has 7 nitrogen and oxygen atoms in total. The number of aromatic hydroxyl groups is 1. The standard InChI is InChI=1S/C14H17N3O4/c1-9(2)17(7-3-6-15)14(21)16-12-5-4-10(18)8-11(12)13(19)20/h4-5,8-9,18H,3,7H2,1-2H3,(H,16,21)(H,19,20). The number of carbonyl (C=O) groups excluding carboxylic acids is 1. The largest absolute Gasteiger partial charge is 0.508 e. The number of amides is 2. The lowest BCUT2D eigenvalue weighted by Gasteiger charge is -2.26. The Morgan fingerprint density at radius 2 is 2.10 bits per heavy atom. The Labute approximate surface area is 122 Å². The van der Waals surface area contributed by atoms with Gasteiger partial charge in [-0.3, -0.25) is 0 Å². The Bertz CT molecular complexity index is 578. The molecule has 0 atom stereocenters. The summed E-state index contributed by atoms with van der Waals surface area (Å²) in [6.07, 6.45) is 0.187. The van der Waals surface area contributed by atoms with Crippen LogP contribution in [0.2, 0.25) is 0 Å². The van der Waals surface area contributed by atoms with Gasteiger partial charge >= 0.3 is 12.0 Å². The van der Waals surface area contributed by atoms with Gasteiger partial charge in [-0.1, -0.05) is 0 Å². The molecular formula is C14H17N3O4. The Morgan fingerprint density at radius 1 is 1.43 bits per heavy atom. The number of rotatable bonds is 5. The highest BCUT2D eigenvalue weighted by molar-refractivity contribution is 6.00.